The molecule has 0 radical (unpaired) electrons. The Morgan fingerprint density at radius 2 is 0.609 bits per heavy atom. The Morgan fingerprint density at radius 3 is 0.848 bits per heavy atom. The van der Waals surface area contributed by atoms with E-state index in [2.05, 4.69) is 45.2 Å². The van der Waals surface area contributed by atoms with Crippen molar-refractivity contribution < 1.29 is 9.59 Å². The first-order valence-electron chi connectivity index (χ1n) is 20.9. The van der Waals surface area contributed by atoms with Crippen LogP contribution in [0.5, 0.6) is 0 Å². The number of rotatable bonds is 36. The summed E-state index contributed by atoms with van der Waals surface area (Å²) in [5.41, 5.74) is 3.36. The Kier molecular flexibility index (Phi) is 52.5. The van der Waals surface area contributed by atoms with Gasteiger partial charge >= 0.3 is 0 Å². The molecule has 0 aliphatic carbocycles. The number of carbonyl (C=O) groups excluding carboxylic acids is 2. The van der Waals surface area contributed by atoms with Crippen LogP contribution in [0.1, 0.15) is 240 Å². The monoisotopic (exact) mass is 653 g/mol. The molecule has 0 unspecified atom stereocenters. The zero-order valence-corrected chi connectivity index (χ0v) is 32.7. The van der Waals surface area contributed by atoms with Crippen LogP contribution < -0.4 is 5.43 Å². The fourth-order valence-electron chi connectivity index (χ4n) is 6.07. The lowest BCUT2D eigenvalue weighted by Crippen LogP contribution is -2.36. The molecule has 0 spiro atoms. The molecule has 0 rings (SSSR count). The third-order valence-corrected chi connectivity index (χ3v) is 9.25. The van der Waals surface area contributed by atoms with E-state index in [0.717, 1.165) is 32.2 Å². The SMILES string of the molecule is C=O.CCCCCCCCCCCC.CCCCCCCCCCCCC(=O)CCCCCCCN(CCCCCCCC)NC. The second-order valence-corrected chi connectivity index (χ2v) is 13.8. The van der Waals surface area contributed by atoms with Gasteiger partial charge in [0.25, 0.3) is 0 Å². The summed E-state index contributed by atoms with van der Waals surface area (Å²) in [7, 11) is 2.05. The first-order chi connectivity index (χ1) is 22.7. The second kappa shape index (κ2) is 48.7. The van der Waals surface area contributed by atoms with Crippen LogP contribution in [-0.4, -0.2) is 37.7 Å². The molecular formula is C42H88N2O2. The minimum atomic E-state index is 0.505. The number of carbonyl (C=O) groups is 2. The summed E-state index contributed by atoms with van der Waals surface area (Å²) in [6, 6.07) is 0. The summed E-state index contributed by atoms with van der Waals surface area (Å²) in [5, 5.41) is 2.38. The van der Waals surface area contributed by atoms with Gasteiger partial charge in [-0.05, 0) is 32.7 Å². The molecule has 0 aromatic carbocycles. The lowest BCUT2D eigenvalue weighted by molar-refractivity contribution is -0.119. The third kappa shape index (κ3) is 47.7. The van der Waals surface area contributed by atoms with Gasteiger partial charge in [0.2, 0.25) is 0 Å². The summed E-state index contributed by atoms with van der Waals surface area (Å²) >= 11 is 0. The van der Waals surface area contributed by atoms with E-state index < -0.39 is 0 Å². The van der Waals surface area contributed by atoms with E-state index in [1.807, 2.05) is 6.79 Å². The minimum absolute atomic E-state index is 0.505. The maximum atomic E-state index is 12.1. The normalized spacial score (nSPS) is 10.8. The van der Waals surface area contributed by atoms with Gasteiger partial charge in [-0.15, -0.1) is 0 Å². The first kappa shape index (κ1) is 49.6. The molecule has 1 N–H and O–H groups in total. The number of unbranched alkanes of at least 4 members (excludes halogenated alkanes) is 27. The van der Waals surface area contributed by atoms with Crippen molar-refractivity contribution in [1.29, 1.82) is 0 Å². The average Bonchev–Trinajstić information content (AvgIpc) is 3.08. The fraction of sp³-hybridized carbons (Fsp3) is 0.952. The van der Waals surface area contributed by atoms with Gasteiger partial charge in [0.1, 0.15) is 12.6 Å². The van der Waals surface area contributed by atoms with Crippen molar-refractivity contribution in [2.75, 3.05) is 20.1 Å². The zero-order valence-electron chi connectivity index (χ0n) is 32.7. The number of nitrogens with one attached hydrogen (secondary N) is 1. The molecule has 0 saturated carbocycles. The molecule has 0 atom stereocenters. The molecular weight excluding hydrogens is 564 g/mol. The number of hydrogen-bond acceptors (Lipinski definition) is 4. The predicted molar refractivity (Wildman–Crippen MR) is 208 cm³/mol. The van der Waals surface area contributed by atoms with E-state index in [1.165, 1.54) is 193 Å². The molecule has 0 aromatic rings. The Bertz CT molecular complexity index is 518. The highest BCUT2D eigenvalue weighted by Crippen LogP contribution is 2.14. The fourth-order valence-corrected chi connectivity index (χ4v) is 6.07. The third-order valence-electron chi connectivity index (χ3n) is 9.25. The van der Waals surface area contributed by atoms with Gasteiger partial charge < -0.3 is 4.79 Å². The molecule has 278 valence electrons. The van der Waals surface area contributed by atoms with Crippen LogP contribution in [0.15, 0.2) is 0 Å². The number of ketones is 1. The van der Waals surface area contributed by atoms with Crippen molar-refractivity contribution in [3.05, 3.63) is 0 Å². The highest BCUT2D eigenvalue weighted by atomic mass is 16.1. The maximum absolute atomic E-state index is 12.1. The molecule has 4 nitrogen and oxygen atoms in total. The van der Waals surface area contributed by atoms with Crippen LogP contribution >= 0.6 is 0 Å². The molecule has 0 saturated heterocycles. The van der Waals surface area contributed by atoms with E-state index in [1.54, 1.807) is 0 Å². The predicted octanol–water partition coefficient (Wildman–Crippen LogP) is 13.7. The standard InChI is InChI=1S/C29H60N2O.C12H26.CH2O/c1-4-6-8-10-12-13-14-15-17-21-25-29(32)26-22-18-16-20-24-28-31(30-3)27-23-19-11-9-7-5-2;1-3-5-7-9-11-12-10-8-6-4-2;1-2/h30H,4-28H2,1-3H3;3-12H2,1-2H3;1H2. The highest BCUT2D eigenvalue weighted by molar-refractivity contribution is 5.78. The number of hydrazine groups is 1. The lowest BCUT2D eigenvalue weighted by Gasteiger charge is -2.20. The molecule has 4 heteroatoms. The molecule has 0 fully saturated rings. The van der Waals surface area contributed by atoms with Crippen LogP contribution in [0, 0.1) is 0 Å². The Balaban J connectivity index is -0.00000110. The van der Waals surface area contributed by atoms with Gasteiger partial charge in [-0.1, -0.05) is 201 Å². The number of nitrogens with zero attached hydrogens (tertiary/aromatic N) is 1. The molecule has 0 aromatic heterocycles. The van der Waals surface area contributed by atoms with Crippen LogP contribution in [-0.2, 0) is 9.59 Å². The van der Waals surface area contributed by atoms with Gasteiger partial charge in [-0.25, -0.2) is 5.01 Å². The number of hydrogen-bond donors (Lipinski definition) is 1. The minimum Gasteiger partial charge on any atom is -0.307 e. The van der Waals surface area contributed by atoms with Crippen LogP contribution in [0.2, 0.25) is 0 Å². The smallest absolute Gasteiger partial charge is 0.132 e. The van der Waals surface area contributed by atoms with E-state index in [0.29, 0.717) is 5.78 Å². The maximum Gasteiger partial charge on any atom is 0.132 e. The molecule has 0 aliphatic heterocycles. The highest BCUT2D eigenvalue weighted by Gasteiger charge is 2.04. The van der Waals surface area contributed by atoms with Gasteiger partial charge in [0.05, 0.1) is 0 Å². The van der Waals surface area contributed by atoms with E-state index in [4.69, 9.17) is 4.79 Å². The Labute approximate surface area is 291 Å². The summed E-state index contributed by atoms with van der Waals surface area (Å²) in [6.45, 7) is 13.4. The molecule has 0 amide bonds. The second-order valence-electron chi connectivity index (χ2n) is 13.8. The van der Waals surface area contributed by atoms with Crippen molar-refractivity contribution >= 4 is 12.6 Å². The first-order valence-corrected chi connectivity index (χ1v) is 20.9. The molecule has 0 bridgehead atoms. The number of Topliss-reactive ketones (excluding diaryl/α,β-unsaturated/α-hetero) is 1. The van der Waals surface area contributed by atoms with Crippen molar-refractivity contribution in [2.24, 2.45) is 0 Å². The summed E-state index contributed by atoms with van der Waals surface area (Å²) < 4.78 is 0. The van der Waals surface area contributed by atoms with Crippen molar-refractivity contribution in [3.63, 3.8) is 0 Å². The summed E-state index contributed by atoms with van der Waals surface area (Å²) in [5.74, 6) is 0.505. The van der Waals surface area contributed by atoms with Gasteiger partial charge in [0, 0.05) is 25.9 Å². The zero-order chi connectivity index (χ0) is 34.6. The molecule has 0 heterocycles. The quantitative estimate of drug-likeness (QED) is 0.0540. The van der Waals surface area contributed by atoms with Crippen molar-refractivity contribution in [3.8, 4) is 0 Å². The Hall–Kier alpha value is -0.740. The van der Waals surface area contributed by atoms with E-state index in [9.17, 15) is 4.79 Å². The summed E-state index contributed by atoms with van der Waals surface area (Å²) in [4.78, 5) is 20.1. The van der Waals surface area contributed by atoms with Crippen LogP contribution in [0.4, 0.5) is 0 Å². The van der Waals surface area contributed by atoms with Gasteiger partial charge in [-0.3, -0.25) is 10.2 Å². The van der Waals surface area contributed by atoms with Crippen LogP contribution in [0.25, 0.3) is 0 Å². The van der Waals surface area contributed by atoms with Crippen molar-refractivity contribution in [2.45, 2.75) is 240 Å². The Morgan fingerprint density at radius 1 is 0.391 bits per heavy atom. The van der Waals surface area contributed by atoms with Crippen molar-refractivity contribution in [1.82, 2.24) is 10.4 Å². The molecule has 46 heavy (non-hydrogen) atoms. The topological polar surface area (TPSA) is 49.4 Å². The summed E-state index contributed by atoms with van der Waals surface area (Å²) in [6.07, 6.45) is 43.9. The van der Waals surface area contributed by atoms with E-state index >= 15 is 0 Å². The average molecular weight is 653 g/mol. The van der Waals surface area contributed by atoms with Gasteiger partial charge in [0.15, 0.2) is 0 Å². The lowest BCUT2D eigenvalue weighted by atomic mass is 10.0. The van der Waals surface area contributed by atoms with Crippen LogP contribution in [0.3, 0.4) is 0 Å². The molecule has 0 aliphatic rings. The van der Waals surface area contributed by atoms with Gasteiger partial charge in [-0.2, -0.15) is 0 Å². The van der Waals surface area contributed by atoms with E-state index in [-0.39, 0.29) is 0 Å². The largest absolute Gasteiger partial charge is 0.307 e.